The first-order chi connectivity index (χ1) is 16.0. The number of likely N-dealkylation sites (tertiary alicyclic amines) is 1. The molecule has 0 atom stereocenters. The number of rotatable bonds is 10. The molecule has 0 bridgehead atoms. The van der Waals surface area contributed by atoms with Gasteiger partial charge in [0.2, 0.25) is 0 Å². The van der Waals surface area contributed by atoms with Crippen molar-refractivity contribution in [1.29, 1.82) is 0 Å². The Kier molecular flexibility index (Phi) is 9.07. The van der Waals surface area contributed by atoms with Gasteiger partial charge >= 0.3 is 0 Å². The Bertz CT molecular complexity index is 967. The molecule has 33 heavy (non-hydrogen) atoms. The average molecular weight is 451 g/mol. The van der Waals surface area contributed by atoms with Crippen molar-refractivity contribution in [3.8, 4) is 11.5 Å². The largest absolute Gasteiger partial charge is 0.490 e. The number of ketones is 1. The summed E-state index contributed by atoms with van der Waals surface area (Å²) in [5, 5.41) is 0. The molecule has 1 amide bonds. The molecular weight excluding hydrogens is 416 g/mol. The van der Waals surface area contributed by atoms with E-state index < -0.39 is 0 Å². The Hall–Kier alpha value is -3.12. The lowest BCUT2D eigenvalue weighted by atomic mass is 9.99. The molecule has 3 rings (SSSR count). The van der Waals surface area contributed by atoms with Crippen molar-refractivity contribution in [2.24, 2.45) is 0 Å². The summed E-state index contributed by atoms with van der Waals surface area (Å²) in [6.45, 7) is 9.75. The highest BCUT2D eigenvalue weighted by atomic mass is 16.5. The van der Waals surface area contributed by atoms with E-state index in [4.69, 9.17) is 9.47 Å². The Morgan fingerprint density at radius 2 is 1.79 bits per heavy atom. The monoisotopic (exact) mass is 450 g/mol. The highest BCUT2D eigenvalue weighted by Gasteiger charge is 2.21. The lowest BCUT2D eigenvalue weighted by molar-refractivity contribution is -0.133. The first kappa shape index (κ1) is 24.5. The number of nitrogens with zero attached hydrogens (tertiary/aromatic N) is 2. The first-order valence-electron chi connectivity index (χ1n) is 11.7. The number of amides is 1. The SMILES string of the molecule is CCOc1cc(/C=C2\CN(Cc3ccccc3)CCC2=O)ccc1OCC(=O)N(CC)CC. The third-order valence-electron chi connectivity index (χ3n) is 5.73. The number of ether oxygens (including phenoxy) is 2. The molecule has 0 aliphatic carbocycles. The molecule has 0 unspecified atom stereocenters. The Labute approximate surface area is 196 Å². The molecule has 1 aliphatic heterocycles. The van der Waals surface area contributed by atoms with Crippen LogP contribution in [0.15, 0.2) is 54.1 Å². The van der Waals surface area contributed by atoms with Crippen LogP contribution in [0.2, 0.25) is 0 Å². The second-order valence-electron chi connectivity index (χ2n) is 8.03. The molecule has 0 saturated carbocycles. The molecule has 0 spiro atoms. The maximum atomic E-state index is 12.6. The van der Waals surface area contributed by atoms with Gasteiger partial charge in [0, 0.05) is 44.7 Å². The molecule has 6 heteroatoms. The number of hydrogen-bond acceptors (Lipinski definition) is 5. The zero-order chi connectivity index (χ0) is 23.6. The van der Waals surface area contributed by atoms with E-state index in [0.717, 1.165) is 24.2 Å². The summed E-state index contributed by atoms with van der Waals surface area (Å²) in [7, 11) is 0. The van der Waals surface area contributed by atoms with E-state index in [2.05, 4.69) is 17.0 Å². The predicted octanol–water partition coefficient (Wildman–Crippen LogP) is 4.19. The predicted molar refractivity (Wildman–Crippen MR) is 130 cm³/mol. The van der Waals surface area contributed by atoms with Gasteiger partial charge in [0.1, 0.15) is 0 Å². The molecular formula is C27H34N2O4. The molecule has 2 aromatic rings. The van der Waals surface area contributed by atoms with E-state index in [1.807, 2.05) is 63.2 Å². The fourth-order valence-corrected chi connectivity index (χ4v) is 3.94. The zero-order valence-electron chi connectivity index (χ0n) is 19.9. The van der Waals surface area contributed by atoms with E-state index in [1.165, 1.54) is 5.56 Å². The highest BCUT2D eigenvalue weighted by Crippen LogP contribution is 2.30. The van der Waals surface area contributed by atoms with Crippen molar-refractivity contribution in [2.75, 3.05) is 39.4 Å². The Morgan fingerprint density at radius 1 is 1.03 bits per heavy atom. The summed E-state index contributed by atoms with van der Waals surface area (Å²) >= 11 is 0. The fraction of sp³-hybridized carbons (Fsp3) is 0.407. The van der Waals surface area contributed by atoms with E-state index in [0.29, 0.717) is 44.2 Å². The molecule has 0 N–H and O–H groups in total. The van der Waals surface area contributed by atoms with Crippen molar-refractivity contribution in [2.45, 2.75) is 33.7 Å². The van der Waals surface area contributed by atoms with E-state index >= 15 is 0 Å². The normalized spacial score (nSPS) is 15.5. The van der Waals surface area contributed by atoms with E-state index in [9.17, 15) is 9.59 Å². The first-order valence-corrected chi connectivity index (χ1v) is 11.7. The number of piperidine rings is 1. The summed E-state index contributed by atoms with van der Waals surface area (Å²) < 4.78 is 11.5. The van der Waals surface area contributed by atoms with Gasteiger partial charge in [-0.05, 0) is 50.1 Å². The van der Waals surface area contributed by atoms with Crippen molar-refractivity contribution >= 4 is 17.8 Å². The van der Waals surface area contributed by atoms with Crippen LogP contribution in [0.3, 0.4) is 0 Å². The van der Waals surface area contributed by atoms with Gasteiger partial charge in [0.05, 0.1) is 6.61 Å². The summed E-state index contributed by atoms with van der Waals surface area (Å²) in [6.07, 6.45) is 2.46. The summed E-state index contributed by atoms with van der Waals surface area (Å²) in [5.41, 5.74) is 2.92. The quantitative estimate of drug-likeness (QED) is 0.508. The van der Waals surface area contributed by atoms with Crippen molar-refractivity contribution in [3.63, 3.8) is 0 Å². The number of benzene rings is 2. The van der Waals surface area contributed by atoms with Crippen LogP contribution in [0.1, 0.15) is 38.3 Å². The molecule has 1 fully saturated rings. The standard InChI is InChI=1S/C27H34N2O4/c1-4-29(5-2)27(31)20-33-25-13-12-22(17-26(25)32-6-3)16-23-19-28(15-14-24(23)30)18-21-10-8-7-9-11-21/h7-13,16-17H,4-6,14-15,18-20H2,1-3H3/b23-16+. The zero-order valence-corrected chi connectivity index (χ0v) is 19.9. The highest BCUT2D eigenvalue weighted by molar-refractivity contribution is 6.00. The smallest absolute Gasteiger partial charge is 0.260 e. The summed E-state index contributed by atoms with van der Waals surface area (Å²) in [5.74, 6) is 1.23. The molecule has 2 aromatic carbocycles. The van der Waals surface area contributed by atoms with Crippen LogP contribution in [0.25, 0.3) is 6.08 Å². The second-order valence-corrected chi connectivity index (χ2v) is 8.03. The minimum Gasteiger partial charge on any atom is -0.490 e. The van der Waals surface area contributed by atoms with Crippen molar-refractivity contribution in [3.05, 3.63) is 65.2 Å². The van der Waals surface area contributed by atoms with Crippen LogP contribution < -0.4 is 9.47 Å². The topological polar surface area (TPSA) is 59.1 Å². The molecule has 1 aliphatic rings. The lowest BCUT2D eigenvalue weighted by Gasteiger charge is -2.28. The number of carbonyl (C=O) groups excluding carboxylic acids is 2. The van der Waals surface area contributed by atoms with Crippen LogP contribution in [-0.4, -0.2) is 60.9 Å². The lowest BCUT2D eigenvalue weighted by Crippen LogP contribution is -2.35. The third kappa shape index (κ3) is 6.93. The van der Waals surface area contributed by atoms with Gasteiger partial charge < -0.3 is 14.4 Å². The van der Waals surface area contributed by atoms with Gasteiger partial charge in [-0.2, -0.15) is 0 Å². The summed E-state index contributed by atoms with van der Waals surface area (Å²) in [4.78, 5) is 28.9. The third-order valence-corrected chi connectivity index (χ3v) is 5.73. The average Bonchev–Trinajstić information content (AvgIpc) is 2.82. The van der Waals surface area contributed by atoms with Crippen LogP contribution in [0, 0.1) is 0 Å². The molecule has 0 radical (unpaired) electrons. The van der Waals surface area contributed by atoms with Gasteiger partial charge in [0.15, 0.2) is 23.9 Å². The second kappa shape index (κ2) is 12.2. The Morgan fingerprint density at radius 3 is 2.48 bits per heavy atom. The number of likely N-dealkylation sites (N-methyl/N-ethyl adjacent to an activating group) is 1. The Balaban J connectivity index is 1.72. The minimum absolute atomic E-state index is 0.0326. The van der Waals surface area contributed by atoms with Crippen LogP contribution in [0.4, 0.5) is 0 Å². The number of Topliss-reactive ketones (excluding diaryl/α,β-unsaturated/α-hetero) is 1. The van der Waals surface area contributed by atoms with Gasteiger partial charge in [-0.3, -0.25) is 14.5 Å². The van der Waals surface area contributed by atoms with Gasteiger partial charge in [-0.1, -0.05) is 36.4 Å². The van der Waals surface area contributed by atoms with Gasteiger partial charge in [-0.25, -0.2) is 0 Å². The van der Waals surface area contributed by atoms with Crippen LogP contribution in [-0.2, 0) is 16.1 Å². The molecule has 6 nitrogen and oxygen atoms in total. The fourth-order valence-electron chi connectivity index (χ4n) is 3.94. The maximum Gasteiger partial charge on any atom is 0.260 e. The maximum absolute atomic E-state index is 12.6. The van der Waals surface area contributed by atoms with Gasteiger partial charge in [0.25, 0.3) is 5.91 Å². The van der Waals surface area contributed by atoms with Crippen molar-refractivity contribution in [1.82, 2.24) is 9.80 Å². The minimum atomic E-state index is -0.0556. The van der Waals surface area contributed by atoms with Gasteiger partial charge in [-0.15, -0.1) is 0 Å². The van der Waals surface area contributed by atoms with Crippen molar-refractivity contribution < 1.29 is 19.1 Å². The van der Waals surface area contributed by atoms with E-state index in [-0.39, 0.29) is 18.3 Å². The van der Waals surface area contributed by atoms with Crippen LogP contribution in [0.5, 0.6) is 11.5 Å². The summed E-state index contributed by atoms with van der Waals surface area (Å²) in [6, 6.07) is 15.9. The molecule has 176 valence electrons. The molecule has 0 aromatic heterocycles. The number of hydrogen-bond donors (Lipinski definition) is 0. The molecule has 1 saturated heterocycles. The van der Waals surface area contributed by atoms with E-state index in [1.54, 1.807) is 4.90 Å². The number of carbonyl (C=O) groups is 2. The van der Waals surface area contributed by atoms with Crippen LogP contribution >= 0.6 is 0 Å². The molecule has 1 heterocycles.